The minimum atomic E-state index is 0.373. The van der Waals surface area contributed by atoms with Crippen molar-refractivity contribution in [3.8, 4) is 11.5 Å². The molecule has 1 aliphatic carbocycles. The molecule has 2 unspecified atom stereocenters. The normalized spacial score (nSPS) is 25.8. The van der Waals surface area contributed by atoms with E-state index in [0.717, 1.165) is 24.3 Å². The highest BCUT2D eigenvalue weighted by Gasteiger charge is 2.31. The van der Waals surface area contributed by atoms with Crippen LogP contribution in [0.2, 0.25) is 0 Å². The van der Waals surface area contributed by atoms with E-state index in [9.17, 15) is 0 Å². The first kappa shape index (κ1) is 10.9. The van der Waals surface area contributed by atoms with E-state index < -0.39 is 0 Å². The summed E-state index contributed by atoms with van der Waals surface area (Å²) in [6.07, 6.45) is 3.40. The van der Waals surface area contributed by atoms with Crippen molar-refractivity contribution < 1.29 is 9.47 Å². The van der Waals surface area contributed by atoms with Crippen LogP contribution >= 0.6 is 0 Å². The zero-order chi connectivity index (χ0) is 11.8. The first-order chi connectivity index (χ1) is 8.33. The molecule has 0 spiro atoms. The lowest BCUT2D eigenvalue weighted by Crippen LogP contribution is -2.39. The Morgan fingerprint density at radius 3 is 2.94 bits per heavy atom. The van der Waals surface area contributed by atoms with Crippen LogP contribution in [0, 0.1) is 5.92 Å². The number of benzene rings is 1. The van der Waals surface area contributed by atoms with Crippen LogP contribution in [0.4, 0.5) is 0 Å². The minimum Gasteiger partial charge on any atom is -0.454 e. The van der Waals surface area contributed by atoms with Gasteiger partial charge in [0.25, 0.3) is 0 Å². The predicted octanol–water partition coefficient (Wildman–Crippen LogP) is 2.13. The van der Waals surface area contributed by atoms with Crippen LogP contribution in [-0.4, -0.2) is 19.9 Å². The van der Waals surface area contributed by atoms with Crippen molar-refractivity contribution in [3.05, 3.63) is 23.3 Å². The van der Waals surface area contributed by atoms with Crippen molar-refractivity contribution >= 4 is 0 Å². The largest absolute Gasteiger partial charge is 0.454 e. The summed E-state index contributed by atoms with van der Waals surface area (Å²) in [6, 6.07) is 4.83. The number of likely N-dealkylation sites (N-methyl/N-ethyl adjacent to an activating group) is 1. The first-order valence-corrected chi connectivity index (χ1v) is 6.41. The molecule has 92 valence electrons. The second-order valence-corrected chi connectivity index (χ2v) is 4.91. The fraction of sp³-hybridized carbons (Fsp3) is 0.571. The van der Waals surface area contributed by atoms with Gasteiger partial charge in [-0.2, -0.15) is 0 Å². The SMILES string of the molecule is CCC1Cc2c(ccc3c2OCO3)CC1NC. The van der Waals surface area contributed by atoms with E-state index >= 15 is 0 Å². The summed E-state index contributed by atoms with van der Waals surface area (Å²) >= 11 is 0. The number of ether oxygens (including phenoxy) is 2. The zero-order valence-corrected chi connectivity index (χ0v) is 10.5. The predicted molar refractivity (Wildman–Crippen MR) is 66.6 cm³/mol. The molecule has 0 saturated heterocycles. The average Bonchev–Trinajstić information content (AvgIpc) is 2.85. The fourth-order valence-corrected chi connectivity index (χ4v) is 3.06. The third-order valence-electron chi connectivity index (χ3n) is 4.11. The molecular weight excluding hydrogens is 214 g/mol. The number of hydrogen-bond donors (Lipinski definition) is 1. The third-order valence-corrected chi connectivity index (χ3v) is 4.11. The van der Waals surface area contributed by atoms with Gasteiger partial charge >= 0.3 is 0 Å². The molecule has 2 atom stereocenters. The summed E-state index contributed by atoms with van der Waals surface area (Å²) in [5, 5.41) is 3.44. The number of nitrogens with one attached hydrogen (secondary N) is 1. The second-order valence-electron chi connectivity index (χ2n) is 4.91. The Kier molecular flexibility index (Phi) is 2.71. The molecule has 1 N–H and O–H groups in total. The molecule has 0 amide bonds. The van der Waals surface area contributed by atoms with Crippen LogP contribution in [0.3, 0.4) is 0 Å². The smallest absolute Gasteiger partial charge is 0.231 e. The number of fused-ring (bicyclic) bond motifs is 3. The van der Waals surface area contributed by atoms with Crippen LogP contribution in [0.5, 0.6) is 11.5 Å². The highest BCUT2D eigenvalue weighted by Crippen LogP contribution is 2.42. The summed E-state index contributed by atoms with van der Waals surface area (Å²) in [5.74, 6) is 2.61. The van der Waals surface area contributed by atoms with Crippen LogP contribution in [0.25, 0.3) is 0 Å². The molecule has 17 heavy (non-hydrogen) atoms. The lowest BCUT2D eigenvalue weighted by atomic mass is 9.78. The molecule has 1 aromatic rings. The van der Waals surface area contributed by atoms with Gasteiger partial charge in [0.05, 0.1) is 0 Å². The summed E-state index contributed by atoms with van der Waals surface area (Å²) < 4.78 is 11.1. The van der Waals surface area contributed by atoms with Gasteiger partial charge in [-0.1, -0.05) is 19.4 Å². The zero-order valence-electron chi connectivity index (χ0n) is 10.5. The van der Waals surface area contributed by atoms with Crippen molar-refractivity contribution in [1.82, 2.24) is 5.32 Å². The average molecular weight is 233 g/mol. The van der Waals surface area contributed by atoms with Gasteiger partial charge < -0.3 is 14.8 Å². The third kappa shape index (κ3) is 1.69. The van der Waals surface area contributed by atoms with E-state index in [1.807, 2.05) is 6.07 Å². The molecule has 1 aliphatic heterocycles. The van der Waals surface area contributed by atoms with E-state index in [0.29, 0.717) is 18.8 Å². The van der Waals surface area contributed by atoms with Gasteiger partial charge in [-0.05, 0) is 37.4 Å². The van der Waals surface area contributed by atoms with E-state index in [2.05, 4.69) is 25.4 Å². The Morgan fingerprint density at radius 2 is 2.18 bits per heavy atom. The highest BCUT2D eigenvalue weighted by atomic mass is 16.7. The molecule has 1 aromatic carbocycles. The van der Waals surface area contributed by atoms with Gasteiger partial charge in [-0.25, -0.2) is 0 Å². The van der Waals surface area contributed by atoms with E-state index in [1.54, 1.807) is 0 Å². The van der Waals surface area contributed by atoms with E-state index in [1.165, 1.54) is 17.5 Å². The van der Waals surface area contributed by atoms with Crippen molar-refractivity contribution in [1.29, 1.82) is 0 Å². The maximum absolute atomic E-state index is 5.62. The molecule has 3 nitrogen and oxygen atoms in total. The summed E-state index contributed by atoms with van der Waals surface area (Å²) in [5.41, 5.74) is 2.79. The number of rotatable bonds is 2. The summed E-state index contributed by atoms with van der Waals surface area (Å²) in [7, 11) is 2.06. The molecular formula is C14H19NO2. The van der Waals surface area contributed by atoms with Gasteiger partial charge in [0, 0.05) is 11.6 Å². The van der Waals surface area contributed by atoms with Crippen molar-refractivity contribution in [2.75, 3.05) is 13.8 Å². The Balaban J connectivity index is 2.00. The second kappa shape index (κ2) is 4.22. The van der Waals surface area contributed by atoms with Crippen LogP contribution < -0.4 is 14.8 Å². The van der Waals surface area contributed by atoms with E-state index in [-0.39, 0.29) is 0 Å². The molecule has 3 rings (SSSR count). The highest BCUT2D eigenvalue weighted by molar-refractivity contribution is 5.53. The molecule has 2 aliphatic rings. The quantitative estimate of drug-likeness (QED) is 0.849. The minimum absolute atomic E-state index is 0.373. The van der Waals surface area contributed by atoms with Gasteiger partial charge in [-0.15, -0.1) is 0 Å². The summed E-state index contributed by atoms with van der Waals surface area (Å²) in [4.78, 5) is 0. The van der Waals surface area contributed by atoms with Crippen molar-refractivity contribution in [2.45, 2.75) is 32.2 Å². The molecule has 3 heteroatoms. The van der Waals surface area contributed by atoms with Gasteiger partial charge in [0.1, 0.15) is 0 Å². The lowest BCUT2D eigenvalue weighted by Gasteiger charge is -2.32. The van der Waals surface area contributed by atoms with E-state index in [4.69, 9.17) is 9.47 Å². The fourth-order valence-electron chi connectivity index (χ4n) is 3.06. The summed E-state index contributed by atoms with van der Waals surface area (Å²) in [6.45, 7) is 2.64. The van der Waals surface area contributed by atoms with Crippen LogP contribution in [-0.2, 0) is 12.8 Å². The molecule has 0 radical (unpaired) electrons. The Hall–Kier alpha value is -1.22. The Labute approximate surface area is 102 Å². The number of hydrogen-bond acceptors (Lipinski definition) is 3. The van der Waals surface area contributed by atoms with Gasteiger partial charge in [0.2, 0.25) is 6.79 Å². The van der Waals surface area contributed by atoms with Gasteiger partial charge in [-0.3, -0.25) is 0 Å². The topological polar surface area (TPSA) is 30.5 Å². The molecule has 0 fully saturated rings. The molecule has 0 aromatic heterocycles. The van der Waals surface area contributed by atoms with Crippen LogP contribution in [0.15, 0.2) is 12.1 Å². The lowest BCUT2D eigenvalue weighted by molar-refractivity contribution is 0.172. The first-order valence-electron chi connectivity index (χ1n) is 6.41. The Bertz CT molecular complexity index is 430. The van der Waals surface area contributed by atoms with Gasteiger partial charge in [0.15, 0.2) is 11.5 Å². The van der Waals surface area contributed by atoms with Crippen molar-refractivity contribution in [3.63, 3.8) is 0 Å². The maximum Gasteiger partial charge on any atom is 0.231 e. The maximum atomic E-state index is 5.62. The molecule has 0 bridgehead atoms. The molecule has 0 saturated carbocycles. The molecule has 1 heterocycles. The standard InChI is InChI=1S/C14H19NO2/c1-3-9-6-11-10(7-12(9)15-2)4-5-13-14(11)17-8-16-13/h4-5,9,12,15H,3,6-8H2,1-2H3. The van der Waals surface area contributed by atoms with Crippen LogP contribution in [0.1, 0.15) is 24.5 Å². The van der Waals surface area contributed by atoms with Crippen molar-refractivity contribution in [2.24, 2.45) is 5.92 Å². The monoisotopic (exact) mass is 233 g/mol. The Morgan fingerprint density at radius 1 is 1.29 bits per heavy atom.